The summed E-state index contributed by atoms with van der Waals surface area (Å²) in [5.74, 6) is -0.725. The molecular formula is C18H20FNO4. The van der Waals surface area contributed by atoms with E-state index >= 15 is 0 Å². The Balaban J connectivity index is 1.94. The molecule has 6 heteroatoms. The molecule has 0 saturated heterocycles. The maximum absolute atomic E-state index is 13.5. The molecule has 1 aromatic heterocycles. The highest BCUT2D eigenvalue weighted by Gasteiger charge is 2.13. The van der Waals surface area contributed by atoms with Crippen LogP contribution in [0, 0.1) is 11.7 Å². The van der Waals surface area contributed by atoms with E-state index in [2.05, 4.69) is 18.8 Å². The van der Waals surface area contributed by atoms with E-state index in [0.717, 1.165) is 6.42 Å². The Morgan fingerprint density at radius 2 is 2.04 bits per heavy atom. The monoisotopic (exact) mass is 333 g/mol. The molecule has 1 heterocycles. The average Bonchev–Trinajstić information content (AvgIpc) is 2.54. The van der Waals surface area contributed by atoms with E-state index in [1.54, 1.807) is 6.07 Å². The number of aromatic nitrogens is 1. The SMILES string of the molecule is CC(C)CCOc1c[nH]c(COC(=O)c2ccccc2F)cc1=O. The van der Waals surface area contributed by atoms with Crippen LogP contribution in [0.5, 0.6) is 5.75 Å². The molecule has 0 aliphatic heterocycles. The van der Waals surface area contributed by atoms with Crippen molar-refractivity contribution in [1.29, 1.82) is 0 Å². The Labute approximate surface area is 139 Å². The number of carbonyl (C=O) groups is 1. The van der Waals surface area contributed by atoms with Crippen molar-refractivity contribution in [2.45, 2.75) is 26.9 Å². The molecule has 0 spiro atoms. The first-order valence-electron chi connectivity index (χ1n) is 7.73. The predicted molar refractivity (Wildman–Crippen MR) is 87.5 cm³/mol. The van der Waals surface area contributed by atoms with Crippen LogP contribution in [0.3, 0.4) is 0 Å². The van der Waals surface area contributed by atoms with Gasteiger partial charge in [0.05, 0.1) is 17.9 Å². The van der Waals surface area contributed by atoms with Gasteiger partial charge in [-0.3, -0.25) is 4.79 Å². The summed E-state index contributed by atoms with van der Waals surface area (Å²) in [5, 5.41) is 0. The number of carbonyl (C=O) groups excluding carboxylic acids is 1. The number of nitrogens with one attached hydrogen (secondary N) is 1. The molecule has 1 aromatic carbocycles. The van der Waals surface area contributed by atoms with E-state index in [-0.39, 0.29) is 23.3 Å². The van der Waals surface area contributed by atoms with Gasteiger partial charge in [-0.05, 0) is 24.5 Å². The molecule has 0 aliphatic carbocycles. The van der Waals surface area contributed by atoms with E-state index < -0.39 is 11.8 Å². The quantitative estimate of drug-likeness (QED) is 0.790. The fourth-order valence-corrected chi connectivity index (χ4v) is 1.95. The highest BCUT2D eigenvalue weighted by molar-refractivity contribution is 5.89. The molecule has 0 radical (unpaired) electrons. The zero-order valence-electron chi connectivity index (χ0n) is 13.7. The Kier molecular flexibility index (Phi) is 6.12. The van der Waals surface area contributed by atoms with Crippen molar-refractivity contribution < 1.29 is 18.7 Å². The molecule has 2 aromatic rings. The lowest BCUT2D eigenvalue weighted by molar-refractivity contribution is 0.0462. The summed E-state index contributed by atoms with van der Waals surface area (Å²) in [7, 11) is 0. The summed E-state index contributed by atoms with van der Waals surface area (Å²) < 4.78 is 23.9. The molecule has 128 valence electrons. The van der Waals surface area contributed by atoms with E-state index in [1.807, 2.05) is 0 Å². The number of esters is 1. The van der Waals surface area contributed by atoms with Crippen LogP contribution in [0.1, 0.15) is 36.3 Å². The van der Waals surface area contributed by atoms with Crippen LogP contribution in [0.4, 0.5) is 4.39 Å². The molecule has 0 amide bonds. The molecule has 1 N–H and O–H groups in total. The second kappa shape index (κ2) is 8.29. The lowest BCUT2D eigenvalue weighted by Gasteiger charge is -2.09. The van der Waals surface area contributed by atoms with Gasteiger partial charge in [0, 0.05) is 12.3 Å². The number of hydrogen-bond acceptors (Lipinski definition) is 4. The number of rotatable bonds is 7. The Hall–Kier alpha value is -2.63. The van der Waals surface area contributed by atoms with Gasteiger partial charge in [-0.15, -0.1) is 0 Å². The minimum absolute atomic E-state index is 0.145. The van der Waals surface area contributed by atoms with Crippen LogP contribution in [0.15, 0.2) is 41.3 Å². The molecule has 0 unspecified atom stereocenters. The van der Waals surface area contributed by atoms with Crippen molar-refractivity contribution in [2.24, 2.45) is 5.92 Å². The highest BCUT2D eigenvalue weighted by Crippen LogP contribution is 2.10. The minimum Gasteiger partial charge on any atom is -0.488 e. The number of benzene rings is 1. The summed E-state index contributed by atoms with van der Waals surface area (Å²) >= 11 is 0. The van der Waals surface area contributed by atoms with Gasteiger partial charge in [-0.2, -0.15) is 0 Å². The van der Waals surface area contributed by atoms with Gasteiger partial charge in [0.1, 0.15) is 12.4 Å². The third-order valence-electron chi connectivity index (χ3n) is 3.34. The van der Waals surface area contributed by atoms with Crippen molar-refractivity contribution in [1.82, 2.24) is 4.98 Å². The fraction of sp³-hybridized carbons (Fsp3) is 0.333. The maximum atomic E-state index is 13.5. The van der Waals surface area contributed by atoms with Gasteiger partial charge in [-0.1, -0.05) is 26.0 Å². The van der Waals surface area contributed by atoms with E-state index in [9.17, 15) is 14.0 Å². The van der Waals surface area contributed by atoms with E-state index in [4.69, 9.17) is 9.47 Å². The molecule has 5 nitrogen and oxygen atoms in total. The van der Waals surface area contributed by atoms with Gasteiger partial charge in [-0.25, -0.2) is 9.18 Å². The largest absolute Gasteiger partial charge is 0.488 e. The third kappa shape index (κ3) is 4.94. The summed E-state index contributed by atoms with van der Waals surface area (Å²) in [6.45, 7) is 4.44. The van der Waals surface area contributed by atoms with E-state index in [0.29, 0.717) is 18.2 Å². The second-order valence-corrected chi connectivity index (χ2v) is 5.77. The third-order valence-corrected chi connectivity index (χ3v) is 3.34. The van der Waals surface area contributed by atoms with Crippen LogP contribution in [-0.2, 0) is 11.3 Å². The summed E-state index contributed by atoms with van der Waals surface area (Å²) in [4.78, 5) is 26.6. The number of ether oxygens (including phenoxy) is 2. The number of hydrogen-bond donors (Lipinski definition) is 1. The predicted octanol–water partition coefficient (Wildman–Crippen LogP) is 3.30. The first-order valence-corrected chi connectivity index (χ1v) is 7.73. The lowest BCUT2D eigenvalue weighted by atomic mass is 10.1. The summed E-state index contributed by atoms with van der Waals surface area (Å²) in [5.41, 5.74) is -0.0381. The molecular weight excluding hydrogens is 313 g/mol. The zero-order chi connectivity index (χ0) is 17.5. The fourth-order valence-electron chi connectivity index (χ4n) is 1.95. The van der Waals surface area contributed by atoms with Gasteiger partial charge >= 0.3 is 5.97 Å². The summed E-state index contributed by atoms with van der Waals surface area (Å²) in [6, 6.07) is 6.86. The Morgan fingerprint density at radius 1 is 1.29 bits per heavy atom. The maximum Gasteiger partial charge on any atom is 0.341 e. The topological polar surface area (TPSA) is 68.4 Å². The van der Waals surface area contributed by atoms with Crippen molar-refractivity contribution >= 4 is 5.97 Å². The van der Waals surface area contributed by atoms with Crippen molar-refractivity contribution in [3.05, 3.63) is 63.8 Å². The first-order chi connectivity index (χ1) is 11.5. The average molecular weight is 333 g/mol. The van der Waals surface area contributed by atoms with Gasteiger partial charge in [0.2, 0.25) is 5.43 Å². The van der Waals surface area contributed by atoms with Crippen LogP contribution in [-0.4, -0.2) is 17.6 Å². The molecule has 0 atom stereocenters. The molecule has 0 saturated carbocycles. The number of aromatic amines is 1. The molecule has 0 bridgehead atoms. The van der Waals surface area contributed by atoms with Crippen LogP contribution < -0.4 is 10.2 Å². The Morgan fingerprint density at radius 3 is 2.71 bits per heavy atom. The molecule has 0 aliphatic rings. The van der Waals surface area contributed by atoms with Gasteiger partial charge in [0.15, 0.2) is 5.75 Å². The highest BCUT2D eigenvalue weighted by atomic mass is 19.1. The van der Waals surface area contributed by atoms with Gasteiger partial charge in [0.25, 0.3) is 0 Å². The second-order valence-electron chi connectivity index (χ2n) is 5.77. The number of pyridine rings is 1. The van der Waals surface area contributed by atoms with Crippen LogP contribution >= 0.6 is 0 Å². The normalized spacial score (nSPS) is 10.7. The Bertz CT molecular complexity index is 755. The zero-order valence-corrected chi connectivity index (χ0v) is 13.7. The van der Waals surface area contributed by atoms with Crippen molar-refractivity contribution in [3.63, 3.8) is 0 Å². The van der Waals surface area contributed by atoms with E-state index in [1.165, 1.54) is 30.5 Å². The first kappa shape index (κ1) is 17.7. The standard InChI is InChI=1S/C18H20FNO4/c1-12(2)7-8-23-17-10-20-13(9-16(17)21)11-24-18(22)14-5-3-4-6-15(14)19/h3-6,9-10,12H,7-8,11H2,1-2H3,(H,20,21). The number of halogens is 1. The van der Waals surface area contributed by atoms with Crippen molar-refractivity contribution in [3.8, 4) is 5.75 Å². The number of H-pyrrole nitrogens is 1. The summed E-state index contributed by atoms with van der Waals surface area (Å²) in [6.07, 6.45) is 2.29. The lowest BCUT2D eigenvalue weighted by Crippen LogP contribution is -2.13. The molecule has 24 heavy (non-hydrogen) atoms. The molecule has 2 rings (SSSR count). The van der Waals surface area contributed by atoms with Crippen LogP contribution in [0.2, 0.25) is 0 Å². The smallest absolute Gasteiger partial charge is 0.341 e. The minimum atomic E-state index is -0.786. The van der Waals surface area contributed by atoms with Crippen molar-refractivity contribution in [2.75, 3.05) is 6.61 Å². The van der Waals surface area contributed by atoms with Gasteiger partial charge < -0.3 is 14.5 Å². The van der Waals surface area contributed by atoms with Crippen LogP contribution in [0.25, 0.3) is 0 Å². The molecule has 0 fully saturated rings.